The first-order chi connectivity index (χ1) is 13.9. The molecule has 2 heteroatoms. The predicted octanol–water partition coefficient (Wildman–Crippen LogP) is 5.29. The zero-order valence-corrected chi connectivity index (χ0v) is 18.7. The maximum atomic E-state index is 13.0. The molecule has 4 rings (SSSR count). The van der Waals surface area contributed by atoms with E-state index in [0.717, 1.165) is 5.57 Å². The summed E-state index contributed by atoms with van der Waals surface area (Å²) < 4.78 is 0. The third-order valence-corrected chi connectivity index (χ3v) is 12.0. The van der Waals surface area contributed by atoms with E-state index in [9.17, 15) is 4.79 Å². The fraction of sp³-hybridized carbons (Fsp3) is 0.222. The summed E-state index contributed by atoms with van der Waals surface area (Å²) in [5, 5.41) is 5.44. The van der Waals surface area contributed by atoms with Crippen molar-refractivity contribution in [1.82, 2.24) is 0 Å². The fourth-order valence-electron chi connectivity index (χ4n) is 5.33. The van der Waals surface area contributed by atoms with E-state index < -0.39 is 7.26 Å². The van der Waals surface area contributed by atoms with Crippen LogP contribution >= 0.6 is 7.26 Å². The van der Waals surface area contributed by atoms with Crippen LogP contribution in [0.1, 0.15) is 32.8 Å². The molecule has 0 aromatic heterocycles. The Bertz CT molecular complexity index is 1040. The third-order valence-electron chi connectivity index (χ3n) is 6.41. The maximum absolute atomic E-state index is 13.0. The summed E-state index contributed by atoms with van der Waals surface area (Å²) in [6.45, 7) is 8.77. The number of ketones is 1. The van der Waals surface area contributed by atoms with E-state index in [0.29, 0.717) is 12.2 Å². The third kappa shape index (κ3) is 3.09. The van der Waals surface area contributed by atoms with Gasteiger partial charge in [-0.05, 0) is 0 Å². The molecule has 0 fully saturated rings. The monoisotopic (exact) mass is 400 g/mol. The first kappa shape index (κ1) is 19.8. The molecule has 148 valence electrons. The molecular formula is C27H29OP. The van der Waals surface area contributed by atoms with Gasteiger partial charge in [0.1, 0.15) is 0 Å². The topological polar surface area (TPSA) is 17.1 Å². The number of benzene rings is 3. The van der Waals surface area contributed by atoms with Gasteiger partial charge in [0.25, 0.3) is 0 Å². The first-order valence-corrected chi connectivity index (χ1v) is 12.3. The van der Waals surface area contributed by atoms with Gasteiger partial charge < -0.3 is 0 Å². The van der Waals surface area contributed by atoms with Crippen molar-refractivity contribution in [3.8, 4) is 0 Å². The number of Topliss-reactive ketones (excluding diaryl/α,β-unsaturated/α-hetero) is 1. The van der Waals surface area contributed by atoms with Crippen LogP contribution in [0.2, 0.25) is 0 Å². The van der Waals surface area contributed by atoms with Crippen molar-refractivity contribution in [2.45, 2.75) is 34.1 Å². The molecule has 0 unspecified atom stereocenters. The predicted molar refractivity (Wildman–Crippen MR) is 127 cm³/mol. The van der Waals surface area contributed by atoms with Crippen molar-refractivity contribution in [3.63, 3.8) is 0 Å². The number of aryl methyl sites for hydroxylation is 1. The number of allylic oxidation sites excluding steroid dienone is 2. The molecule has 0 saturated carbocycles. The fourth-order valence-corrected chi connectivity index (χ4v) is 11.3. The van der Waals surface area contributed by atoms with Gasteiger partial charge in [0.15, 0.2) is 0 Å². The van der Waals surface area contributed by atoms with Crippen molar-refractivity contribution in [1.29, 1.82) is 0 Å². The molecule has 0 spiro atoms. The van der Waals surface area contributed by atoms with Crippen molar-refractivity contribution in [2.75, 3.05) is 0 Å². The number of rotatable bonds is 4. The van der Waals surface area contributed by atoms with Crippen molar-refractivity contribution in [3.05, 3.63) is 101 Å². The molecule has 0 N–H and O–H groups in total. The molecule has 0 amide bonds. The second kappa shape index (κ2) is 7.39. The summed E-state index contributed by atoms with van der Waals surface area (Å²) in [5.74, 6) is 0.294. The molecule has 0 atom stereocenters. The summed E-state index contributed by atoms with van der Waals surface area (Å²) in [6.07, 6.45) is 0.592. The Balaban J connectivity index is 2.23. The summed E-state index contributed by atoms with van der Waals surface area (Å²) >= 11 is 0. The van der Waals surface area contributed by atoms with E-state index in [1.165, 1.54) is 26.8 Å². The minimum absolute atomic E-state index is 0.165. The van der Waals surface area contributed by atoms with E-state index in [4.69, 9.17) is 0 Å². The van der Waals surface area contributed by atoms with Crippen LogP contribution in [0, 0.1) is 12.3 Å². The molecular weight excluding hydrogens is 371 g/mol. The van der Waals surface area contributed by atoms with Crippen LogP contribution in [0.4, 0.5) is 0 Å². The second-order valence-electron chi connectivity index (χ2n) is 8.78. The molecule has 3 aromatic carbocycles. The zero-order valence-electron chi connectivity index (χ0n) is 17.7. The molecule has 3 aromatic rings. The Labute approximate surface area is 174 Å². The van der Waals surface area contributed by atoms with Gasteiger partial charge in [-0.3, -0.25) is 0 Å². The molecule has 0 heterocycles. The summed E-state index contributed by atoms with van der Waals surface area (Å²) in [5.41, 5.74) is 2.10. The Morgan fingerprint density at radius 1 is 0.724 bits per heavy atom. The van der Waals surface area contributed by atoms with Gasteiger partial charge in [0.2, 0.25) is 0 Å². The summed E-state index contributed by atoms with van der Waals surface area (Å²) in [6, 6.07) is 30.5. The minimum atomic E-state index is -2.62. The SMILES string of the molecule is CC1=C([PH](c2ccccc2)(c2ccccc2)c2ccccc2C)C(C)(C)CC1=O. The number of carbonyl (C=O) groups is 1. The van der Waals surface area contributed by atoms with Gasteiger partial charge in [0.05, 0.1) is 0 Å². The standard InChI is InChI=1S/C27H29OP/c1-20-13-11-12-18-25(20)29(22-14-7-5-8-15-22,23-16-9-6-10-17-23)26-21(2)24(28)19-27(26,3)4/h5-18,29H,19H2,1-4H3. The van der Waals surface area contributed by atoms with E-state index in [-0.39, 0.29) is 5.41 Å². The molecule has 1 aliphatic rings. The molecule has 0 saturated heterocycles. The van der Waals surface area contributed by atoms with Gasteiger partial charge in [0, 0.05) is 0 Å². The number of hydrogen-bond donors (Lipinski definition) is 0. The van der Waals surface area contributed by atoms with Crippen LogP contribution in [0.3, 0.4) is 0 Å². The van der Waals surface area contributed by atoms with Crippen LogP contribution < -0.4 is 15.9 Å². The Hall–Kier alpha value is -2.50. The zero-order chi connectivity index (χ0) is 20.6. The van der Waals surface area contributed by atoms with Crippen LogP contribution in [0.15, 0.2) is 95.8 Å². The van der Waals surface area contributed by atoms with Crippen molar-refractivity contribution in [2.24, 2.45) is 5.41 Å². The molecule has 0 aliphatic heterocycles. The van der Waals surface area contributed by atoms with Crippen LogP contribution in [-0.4, -0.2) is 5.78 Å². The van der Waals surface area contributed by atoms with E-state index >= 15 is 0 Å². The summed E-state index contributed by atoms with van der Waals surface area (Å²) in [7, 11) is -2.62. The van der Waals surface area contributed by atoms with Crippen molar-refractivity contribution < 1.29 is 4.79 Å². The average molecular weight is 401 g/mol. The van der Waals surface area contributed by atoms with Gasteiger partial charge in [-0.1, -0.05) is 0 Å². The Morgan fingerprint density at radius 3 is 1.66 bits per heavy atom. The van der Waals surface area contributed by atoms with Gasteiger partial charge >= 0.3 is 175 Å². The first-order valence-electron chi connectivity index (χ1n) is 10.3. The molecule has 1 nitrogen and oxygen atoms in total. The van der Waals surface area contributed by atoms with Gasteiger partial charge in [-0.25, -0.2) is 0 Å². The van der Waals surface area contributed by atoms with Crippen LogP contribution in [0.25, 0.3) is 0 Å². The normalized spacial score (nSPS) is 16.9. The van der Waals surface area contributed by atoms with E-state index in [2.05, 4.69) is 113 Å². The van der Waals surface area contributed by atoms with Crippen LogP contribution in [-0.2, 0) is 4.79 Å². The summed E-state index contributed by atoms with van der Waals surface area (Å²) in [4.78, 5) is 13.0. The molecule has 0 radical (unpaired) electrons. The number of carbonyl (C=O) groups excluding carboxylic acids is 1. The van der Waals surface area contributed by atoms with E-state index in [1.807, 2.05) is 0 Å². The Kier molecular flexibility index (Phi) is 5.05. The molecule has 29 heavy (non-hydrogen) atoms. The second-order valence-corrected chi connectivity index (χ2v) is 12.5. The molecule has 0 bridgehead atoms. The average Bonchev–Trinajstić information content (AvgIpc) is 2.93. The van der Waals surface area contributed by atoms with E-state index in [1.54, 1.807) is 0 Å². The quantitative estimate of drug-likeness (QED) is 0.544. The van der Waals surface area contributed by atoms with Crippen molar-refractivity contribution >= 4 is 29.0 Å². The van der Waals surface area contributed by atoms with Gasteiger partial charge in [-0.2, -0.15) is 0 Å². The Morgan fingerprint density at radius 2 is 1.21 bits per heavy atom. The van der Waals surface area contributed by atoms with Gasteiger partial charge in [-0.15, -0.1) is 0 Å². The molecule has 1 aliphatic carbocycles. The number of hydrogen-bond acceptors (Lipinski definition) is 1. The van der Waals surface area contributed by atoms with Crippen LogP contribution in [0.5, 0.6) is 0 Å².